The molecule has 0 aliphatic rings. The van der Waals surface area contributed by atoms with Gasteiger partial charge in [-0.1, -0.05) is 268 Å². The summed E-state index contributed by atoms with van der Waals surface area (Å²) >= 11 is 0. The minimum Gasteiger partial charge on any atom is -0.462 e. The topological polar surface area (TPSA) is 237 Å². The van der Waals surface area contributed by atoms with Crippen LogP contribution in [0.15, 0.2) is 72.9 Å². The first-order valence-electron chi connectivity index (χ1n) is 38.2. The zero-order valence-corrected chi connectivity index (χ0v) is 62.6. The molecule has 0 radical (unpaired) electrons. The summed E-state index contributed by atoms with van der Waals surface area (Å²) < 4.78 is 68.4. The van der Waals surface area contributed by atoms with Crippen LogP contribution < -0.4 is 0 Å². The summed E-state index contributed by atoms with van der Waals surface area (Å²) in [6.07, 6.45) is 69.0. The Bertz CT molecular complexity index is 2110. The lowest BCUT2D eigenvalue weighted by Crippen LogP contribution is -2.30. The van der Waals surface area contributed by atoms with Gasteiger partial charge in [0.2, 0.25) is 0 Å². The fourth-order valence-corrected chi connectivity index (χ4v) is 11.8. The maximum Gasteiger partial charge on any atom is 0.472 e. The van der Waals surface area contributed by atoms with Gasteiger partial charge < -0.3 is 33.8 Å². The van der Waals surface area contributed by atoms with Crippen LogP contribution in [0.4, 0.5) is 0 Å². The van der Waals surface area contributed by atoms with E-state index in [0.29, 0.717) is 32.1 Å². The van der Waals surface area contributed by atoms with Gasteiger partial charge in [-0.3, -0.25) is 37.3 Å². The highest BCUT2D eigenvalue weighted by Crippen LogP contribution is 2.45. The number of aliphatic hydroxyl groups excluding tert-OH is 1. The Morgan fingerprint density at radius 3 is 0.865 bits per heavy atom. The lowest BCUT2D eigenvalue weighted by atomic mass is 10.0. The average Bonchev–Trinajstić information content (AvgIpc) is 3.12. The molecule has 0 aromatic rings. The number of phosphoric acid groups is 2. The largest absolute Gasteiger partial charge is 0.472 e. The van der Waals surface area contributed by atoms with Gasteiger partial charge in [0.15, 0.2) is 12.2 Å². The fourth-order valence-electron chi connectivity index (χ4n) is 10.3. The second-order valence-corrected chi connectivity index (χ2v) is 28.5. The van der Waals surface area contributed by atoms with Gasteiger partial charge in [0.25, 0.3) is 0 Å². The summed E-state index contributed by atoms with van der Waals surface area (Å²) in [5.74, 6) is -2.24. The van der Waals surface area contributed by atoms with Crippen LogP contribution in [0.25, 0.3) is 0 Å². The molecule has 3 N–H and O–H groups in total. The number of allylic oxidation sites excluding steroid dienone is 12. The van der Waals surface area contributed by atoms with E-state index in [2.05, 4.69) is 88.5 Å². The summed E-state index contributed by atoms with van der Waals surface area (Å²) in [6, 6.07) is 0. The predicted octanol–water partition coefficient (Wildman–Crippen LogP) is 21.7. The van der Waals surface area contributed by atoms with E-state index in [1.54, 1.807) is 0 Å². The van der Waals surface area contributed by atoms with Crippen molar-refractivity contribution in [2.45, 2.75) is 354 Å². The molecule has 96 heavy (non-hydrogen) atoms. The van der Waals surface area contributed by atoms with Crippen molar-refractivity contribution in [1.29, 1.82) is 0 Å². The van der Waals surface area contributed by atoms with Crippen molar-refractivity contribution >= 4 is 39.5 Å². The number of carbonyl (C=O) groups excluding carboxylic acids is 4. The molecule has 0 aromatic heterocycles. The third-order valence-electron chi connectivity index (χ3n) is 16.1. The smallest absolute Gasteiger partial charge is 0.462 e. The third-order valence-corrected chi connectivity index (χ3v) is 18.0. The molecule has 0 heterocycles. The summed E-state index contributed by atoms with van der Waals surface area (Å²) in [5.41, 5.74) is 0. The summed E-state index contributed by atoms with van der Waals surface area (Å²) in [4.78, 5) is 72.7. The van der Waals surface area contributed by atoms with E-state index in [1.165, 1.54) is 128 Å². The normalized spacial score (nSPS) is 14.4. The summed E-state index contributed by atoms with van der Waals surface area (Å²) in [6.45, 7) is 4.77. The molecule has 0 aliphatic carbocycles. The molecule has 0 amide bonds. The van der Waals surface area contributed by atoms with E-state index in [4.69, 9.17) is 37.0 Å². The number of phosphoric ester groups is 2. The van der Waals surface area contributed by atoms with Gasteiger partial charge in [-0.25, -0.2) is 9.13 Å². The predicted molar refractivity (Wildman–Crippen MR) is 390 cm³/mol. The van der Waals surface area contributed by atoms with Crippen LogP contribution in [0.1, 0.15) is 336 Å². The Morgan fingerprint density at radius 2 is 0.521 bits per heavy atom. The van der Waals surface area contributed by atoms with Gasteiger partial charge in [-0.15, -0.1) is 0 Å². The van der Waals surface area contributed by atoms with E-state index in [0.717, 1.165) is 122 Å². The minimum absolute atomic E-state index is 0.0754. The quantitative estimate of drug-likeness (QED) is 0.0169. The number of ether oxygens (including phenoxy) is 4. The monoisotopic (exact) mass is 1400 g/mol. The standard InChI is InChI=1S/C77H138O17P2/c1-5-9-13-17-21-25-29-33-34-35-36-40-42-46-50-54-58-62-75(80)88-68-73(94-77(82)64-60-56-52-48-44-39-32-28-24-20-16-12-8-4)70-92-96(85,86)90-66-71(78)65-89-95(83,84)91-69-72(93-76(81)63-59-55-51-47-43-38-31-27-23-19-15-11-7-3)67-87-74(79)61-57-53-49-45-41-37-30-26-22-18-14-10-6-2/h21,25,27-28,31-34,36,40,46,50,71-73,78H,5-20,22-24,26,29-30,35,37-39,41-45,47-49,51-70H2,1-4H3,(H,83,84)(H,85,86)/b25-21-,31-27-,32-28-,34-33-,40-36-,50-46-/t71-,72-,73-/m1/s1. The van der Waals surface area contributed by atoms with Crippen molar-refractivity contribution in [2.24, 2.45) is 0 Å². The van der Waals surface area contributed by atoms with Crippen LogP contribution in [0.5, 0.6) is 0 Å². The lowest BCUT2D eigenvalue weighted by Gasteiger charge is -2.21. The van der Waals surface area contributed by atoms with Crippen molar-refractivity contribution in [3.05, 3.63) is 72.9 Å². The molecular formula is C77H138O17P2. The fraction of sp³-hybridized carbons (Fsp3) is 0.792. The van der Waals surface area contributed by atoms with Crippen LogP contribution in [0.3, 0.4) is 0 Å². The van der Waals surface area contributed by atoms with Crippen LogP contribution in [0.2, 0.25) is 0 Å². The van der Waals surface area contributed by atoms with Crippen LogP contribution in [0, 0.1) is 0 Å². The van der Waals surface area contributed by atoms with Crippen molar-refractivity contribution in [3.63, 3.8) is 0 Å². The number of aliphatic hydroxyl groups is 1. The molecule has 0 fully saturated rings. The maximum atomic E-state index is 13.1. The number of hydrogen-bond acceptors (Lipinski definition) is 15. The highest BCUT2D eigenvalue weighted by molar-refractivity contribution is 7.47. The number of unbranched alkanes of at least 4 members (excludes halogenated alkanes) is 34. The van der Waals surface area contributed by atoms with Gasteiger partial charge in [-0.05, 0) is 116 Å². The first-order valence-corrected chi connectivity index (χ1v) is 41.2. The van der Waals surface area contributed by atoms with Crippen LogP contribution >= 0.6 is 15.6 Å². The third kappa shape index (κ3) is 69.0. The van der Waals surface area contributed by atoms with E-state index in [1.807, 2.05) is 12.2 Å². The van der Waals surface area contributed by atoms with Crippen molar-refractivity contribution < 1.29 is 80.2 Å². The number of rotatable bonds is 72. The molecule has 5 atom stereocenters. The molecule has 0 saturated heterocycles. The zero-order chi connectivity index (χ0) is 70.4. The van der Waals surface area contributed by atoms with Gasteiger partial charge in [-0.2, -0.15) is 0 Å². The first-order chi connectivity index (χ1) is 46.7. The highest BCUT2D eigenvalue weighted by atomic mass is 31.2. The van der Waals surface area contributed by atoms with Crippen molar-refractivity contribution in [1.82, 2.24) is 0 Å². The molecule has 19 heteroatoms. The Labute approximate surface area is 583 Å². The molecule has 2 unspecified atom stereocenters. The molecule has 0 bridgehead atoms. The van der Waals surface area contributed by atoms with Gasteiger partial charge in [0, 0.05) is 25.7 Å². The summed E-state index contributed by atoms with van der Waals surface area (Å²) in [7, 11) is -9.95. The molecule has 558 valence electrons. The highest BCUT2D eigenvalue weighted by Gasteiger charge is 2.30. The number of hydrogen-bond donors (Lipinski definition) is 3. The van der Waals surface area contributed by atoms with Crippen molar-refractivity contribution in [2.75, 3.05) is 39.6 Å². The Kier molecular flexibility index (Phi) is 67.4. The first kappa shape index (κ1) is 92.5. The molecule has 0 aliphatic heterocycles. The Morgan fingerprint density at radius 1 is 0.292 bits per heavy atom. The van der Waals surface area contributed by atoms with Crippen LogP contribution in [-0.4, -0.2) is 96.7 Å². The van der Waals surface area contributed by atoms with Gasteiger partial charge in [0.1, 0.15) is 19.3 Å². The van der Waals surface area contributed by atoms with Gasteiger partial charge in [0.05, 0.1) is 26.4 Å². The zero-order valence-electron chi connectivity index (χ0n) is 60.8. The molecule has 0 rings (SSSR count). The molecule has 0 spiro atoms. The molecular weight excluding hydrogens is 1260 g/mol. The Hall–Kier alpha value is -3.50. The second kappa shape index (κ2) is 70.0. The van der Waals surface area contributed by atoms with Gasteiger partial charge >= 0.3 is 39.5 Å². The van der Waals surface area contributed by atoms with Crippen LogP contribution in [-0.2, 0) is 65.4 Å². The average molecular weight is 1400 g/mol. The SMILES string of the molecule is CCCCC/C=C\C/C=C\C/C=C\C/C=C\CCCC(=O)OC[C@H](COP(=O)(O)OC[C@H](O)COP(=O)(O)OC[C@@H](COC(=O)CCCCCCCCCCCCCCC)OC(=O)CCCCCCC/C=C\CCCCCC)OC(=O)CCCCCCC/C=C\CCCCCC. The van der Waals surface area contributed by atoms with Crippen molar-refractivity contribution in [3.8, 4) is 0 Å². The van der Waals surface area contributed by atoms with E-state index < -0.39 is 97.5 Å². The van der Waals surface area contributed by atoms with E-state index in [-0.39, 0.29) is 25.7 Å². The number of carbonyl (C=O) groups is 4. The molecule has 17 nitrogen and oxygen atoms in total. The molecule has 0 aromatic carbocycles. The maximum absolute atomic E-state index is 13.1. The second-order valence-electron chi connectivity index (χ2n) is 25.6. The minimum atomic E-state index is -4.98. The van der Waals surface area contributed by atoms with E-state index in [9.17, 15) is 43.2 Å². The Balaban J connectivity index is 5.37. The molecule has 0 saturated carbocycles. The summed E-state index contributed by atoms with van der Waals surface area (Å²) in [5, 5.41) is 10.6. The number of esters is 4. The van der Waals surface area contributed by atoms with E-state index >= 15 is 0 Å². The lowest BCUT2D eigenvalue weighted by molar-refractivity contribution is -0.161.